The van der Waals surface area contributed by atoms with Crippen LogP contribution in [0.5, 0.6) is 5.75 Å². The fourth-order valence-electron chi connectivity index (χ4n) is 3.86. The summed E-state index contributed by atoms with van der Waals surface area (Å²) in [5, 5.41) is 2.95. The number of benzene rings is 2. The van der Waals surface area contributed by atoms with Crippen molar-refractivity contribution in [1.29, 1.82) is 0 Å². The number of aryl methyl sites for hydroxylation is 1. The highest BCUT2D eigenvalue weighted by Gasteiger charge is 2.20. The summed E-state index contributed by atoms with van der Waals surface area (Å²) < 4.78 is 12.5. The van der Waals surface area contributed by atoms with Crippen LogP contribution in [-0.4, -0.2) is 66.2 Å². The summed E-state index contributed by atoms with van der Waals surface area (Å²) in [5.74, 6) is 1.43. The van der Waals surface area contributed by atoms with Crippen LogP contribution in [0.15, 0.2) is 48.5 Å². The van der Waals surface area contributed by atoms with Crippen molar-refractivity contribution in [1.82, 2.24) is 19.8 Å². The van der Waals surface area contributed by atoms with Gasteiger partial charge in [0, 0.05) is 31.6 Å². The highest BCUT2D eigenvalue weighted by Crippen LogP contribution is 2.18. The summed E-state index contributed by atoms with van der Waals surface area (Å²) in [7, 11) is 1.58. The summed E-state index contributed by atoms with van der Waals surface area (Å²) in [4.78, 5) is 31.8. The van der Waals surface area contributed by atoms with Crippen LogP contribution in [0.25, 0.3) is 11.0 Å². The number of aromatic nitrogens is 2. The Morgan fingerprint density at radius 2 is 1.94 bits per heavy atom. The molecule has 8 nitrogen and oxygen atoms in total. The number of morpholine rings is 1. The smallest absolute Gasteiger partial charge is 0.251 e. The first-order valence-electron chi connectivity index (χ1n) is 10.9. The van der Waals surface area contributed by atoms with Gasteiger partial charge in [-0.15, -0.1) is 0 Å². The SMILES string of the molecule is COc1cccc(C(=O)NCCCc2nc3ccccc3n2CC(=O)N2CCOCC2)c1. The highest BCUT2D eigenvalue weighted by molar-refractivity contribution is 5.94. The predicted octanol–water partition coefficient (Wildman–Crippen LogP) is 2.27. The summed E-state index contributed by atoms with van der Waals surface area (Å²) in [6, 6.07) is 14.9. The topological polar surface area (TPSA) is 85.7 Å². The lowest BCUT2D eigenvalue weighted by atomic mass is 10.2. The molecule has 2 aromatic carbocycles. The van der Waals surface area contributed by atoms with Gasteiger partial charge in [0.05, 0.1) is 31.4 Å². The molecule has 0 radical (unpaired) electrons. The summed E-state index contributed by atoms with van der Waals surface area (Å²) in [6.45, 7) is 3.17. The average Bonchev–Trinajstić information content (AvgIpc) is 3.19. The first kappa shape index (κ1) is 21.8. The third kappa shape index (κ3) is 5.08. The van der Waals surface area contributed by atoms with Crippen LogP contribution in [0, 0.1) is 0 Å². The van der Waals surface area contributed by atoms with E-state index in [2.05, 4.69) is 5.32 Å². The summed E-state index contributed by atoms with van der Waals surface area (Å²) in [6.07, 6.45) is 1.37. The predicted molar refractivity (Wildman–Crippen MR) is 121 cm³/mol. The van der Waals surface area contributed by atoms with Gasteiger partial charge in [-0.2, -0.15) is 0 Å². The van der Waals surface area contributed by atoms with Crippen molar-refractivity contribution in [3.8, 4) is 5.75 Å². The van der Waals surface area contributed by atoms with Gasteiger partial charge in [0.2, 0.25) is 5.91 Å². The molecule has 2 heterocycles. The number of hydrogen-bond donors (Lipinski definition) is 1. The molecule has 3 aromatic rings. The number of amides is 2. The van der Waals surface area contributed by atoms with E-state index in [9.17, 15) is 9.59 Å². The molecular weight excluding hydrogens is 408 g/mol. The maximum Gasteiger partial charge on any atom is 0.251 e. The highest BCUT2D eigenvalue weighted by atomic mass is 16.5. The Hall–Kier alpha value is -3.39. The second-order valence-electron chi connectivity index (χ2n) is 7.69. The Labute approximate surface area is 187 Å². The van der Waals surface area contributed by atoms with Crippen molar-refractivity contribution >= 4 is 22.8 Å². The van der Waals surface area contributed by atoms with Gasteiger partial charge in [-0.3, -0.25) is 9.59 Å². The van der Waals surface area contributed by atoms with E-state index in [1.165, 1.54) is 0 Å². The van der Waals surface area contributed by atoms with E-state index in [0.29, 0.717) is 57.0 Å². The molecule has 168 valence electrons. The van der Waals surface area contributed by atoms with E-state index >= 15 is 0 Å². The molecule has 0 unspecified atom stereocenters. The molecule has 8 heteroatoms. The Bertz CT molecular complexity index is 1090. The molecule has 1 aliphatic heterocycles. The fraction of sp³-hybridized carbons (Fsp3) is 0.375. The molecule has 0 saturated carbocycles. The zero-order chi connectivity index (χ0) is 22.3. The number of methoxy groups -OCH3 is 1. The van der Waals surface area contributed by atoms with Crippen LogP contribution >= 0.6 is 0 Å². The van der Waals surface area contributed by atoms with Gasteiger partial charge in [0.1, 0.15) is 18.1 Å². The molecule has 0 atom stereocenters. The lowest BCUT2D eigenvalue weighted by Gasteiger charge is -2.27. The van der Waals surface area contributed by atoms with Crippen LogP contribution < -0.4 is 10.1 Å². The number of imidazole rings is 1. The lowest BCUT2D eigenvalue weighted by molar-refractivity contribution is -0.135. The Morgan fingerprint density at radius 3 is 2.75 bits per heavy atom. The standard InChI is InChI=1S/C24H28N4O4/c1-31-19-7-4-6-18(16-19)24(30)25-11-5-10-22-26-20-8-2-3-9-21(20)28(22)17-23(29)27-12-14-32-15-13-27/h2-4,6-9,16H,5,10-15,17H2,1H3,(H,25,30). The summed E-state index contributed by atoms with van der Waals surface area (Å²) in [5.41, 5.74) is 2.38. The van der Waals surface area contributed by atoms with E-state index in [1.54, 1.807) is 31.4 Å². The van der Waals surface area contributed by atoms with Crippen LogP contribution in [0.4, 0.5) is 0 Å². The second-order valence-corrected chi connectivity index (χ2v) is 7.69. The van der Waals surface area contributed by atoms with E-state index < -0.39 is 0 Å². The zero-order valence-electron chi connectivity index (χ0n) is 18.3. The van der Waals surface area contributed by atoms with Crippen molar-refractivity contribution in [2.24, 2.45) is 0 Å². The van der Waals surface area contributed by atoms with Gasteiger partial charge < -0.3 is 24.3 Å². The quantitative estimate of drug-likeness (QED) is 0.548. The fourth-order valence-corrected chi connectivity index (χ4v) is 3.86. The van der Waals surface area contributed by atoms with Crippen molar-refractivity contribution < 1.29 is 19.1 Å². The van der Waals surface area contributed by atoms with Gasteiger partial charge in [-0.05, 0) is 36.8 Å². The van der Waals surface area contributed by atoms with Gasteiger partial charge in [0.25, 0.3) is 5.91 Å². The molecule has 0 spiro atoms. The van der Waals surface area contributed by atoms with Crippen molar-refractivity contribution in [2.75, 3.05) is 40.0 Å². The third-order valence-corrected chi connectivity index (χ3v) is 5.59. The number of nitrogens with zero attached hydrogens (tertiary/aromatic N) is 3. The molecule has 1 aliphatic rings. The minimum absolute atomic E-state index is 0.0732. The molecule has 1 N–H and O–H groups in total. The number of nitrogens with one attached hydrogen (secondary N) is 1. The molecule has 1 fully saturated rings. The van der Waals surface area contributed by atoms with Gasteiger partial charge in [-0.25, -0.2) is 4.98 Å². The number of carbonyl (C=O) groups is 2. The number of ether oxygens (including phenoxy) is 2. The van der Waals surface area contributed by atoms with Crippen LogP contribution in [-0.2, 0) is 22.5 Å². The van der Waals surface area contributed by atoms with Crippen molar-refractivity contribution in [3.05, 3.63) is 59.9 Å². The molecule has 0 bridgehead atoms. The van der Waals surface area contributed by atoms with Crippen molar-refractivity contribution in [2.45, 2.75) is 19.4 Å². The van der Waals surface area contributed by atoms with Gasteiger partial charge in [-0.1, -0.05) is 18.2 Å². The summed E-state index contributed by atoms with van der Waals surface area (Å²) >= 11 is 0. The lowest BCUT2D eigenvalue weighted by Crippen LogP contribution is -2.42. The number of para-hydroxylation sites is 2. The number of fused-ring (bicyclic) bond motifs is 1. The Morgan fingerprint density at radius 1 is 1.12 bits per heavy atom. The molecular formula is C24H28N4O4. The van der Waals surface area contributed by atoms with Crippen molar-refractivity contribution in [3.63, 3.8) is 0 Å². The second kappa shape index (κ2) is 10.3. The first-order chi connectivity index (χ1) is 15.7. The van der Waals surface area contributed by atoms with Gasteiger partial charge in [0.15, 0.2) is 0 Å². The molecule has 1 aromatic heterocycles. The van der Waals surface area contributed by atoms with Crippen LogP contribution in [0.2, 0.25) is 0 Å². The number of carbonyl (C=O) groups excluding carboxylic acids is 2. The van der Waals surface area contributed by atoms with E-state index in [1.807, 2.05) is 33.7 Å². The van der Waals surface area contributed by atoms with Gasteiger partial charge >= 0.3 is 0 Å². The van der Waals surface area contributed by atoms with E-state index in [4.69, 9.17) is 14.5 Å². The maximum absolute atomic E-state index is 12.8. The maximum atomic E-state index is 12.8. The zero-order valence-corrected chi connectivity index (χ0v) is 18.3. The van der Waals surface area contributed by atoms with E-state index in [-0.39, 0.29) is 18.4 Å². The molecule has 0 aliphatic carbocycles. The van der Waals surface area contributed by atoms with E-state index in [0.717, 1.165) is 16.9 Å². The normalized spacial score (nSPS) is 13.8. The third-order valence-electron chi connectivity index (χ3n) is 5.59. The largest absolute Gasteiger partial charge is 0.497 e. The Kier molecular flexibility index (Phi) is 7.01. The van der Waals surface area contributed by atoms with Crippen LogP contribution in [0.3, 0.4) is 0 Å². The number of rotatable bonds is 8. The minimum atomic E-state index is -0.139. The van der Waals surface area contributed by atoms with Crippen LogP contribution in [0.1, 0.15) is 22.6 Å². The minimum Gasteiger partial charge on any atom is -0.497 e. The average molecular weight is 437 g/mol. The molecule has 4 rings (SSSR count). The number of hydrogen-bond acceptors (Lipinski definition) is 5. The molecule has 32 heavy (non-hydrogen) atoms. The monoisotopic (exact) mass is 436 g/mol. The first-order valence-corrected chi connectivity index (χ1v) is 10.9. The Balaban J connectivity index is 1.39. The molecule has 1 saturated heterocycles. The molecule has 2 amide bonds.